The summed E-state index contributed by atoms with van der Waals surface area (Å²) >= 11 is 0. The van der Waals surface area contributed by atoms with Crippen LogP contribution in [0.5, 0.6) is 0 Å². The van der Waals surface area contributed by atoms with Crippen LogP contribution in [0.3, 0.4) is 0 Å². The topological polar surface area (TPSA) is 67.7 Å². The lowest BCUT2D eigenvalue weighted by Crippen LogP contribution is -2.19. The molecule has 2 heterocycles. The van der Waals surface area contributed by atoms with E-state index in [-0.39, 0.29) is 6.04 Å². The molecule has 140 valence electrons. The second kappa shape index (κ2) is 7.39. The Morgan fingerprint density at radius 2 is 2.07 bits per heavy atom. The Morgan fingerprint density at radius 3 is 2.89 bits per heavy atom. The average Bonchev–Trinajstić information content (AvgIpc) is 3.10. The molecule has 0 spiro atoms. The van der Waals surface area contributed by atoms with Crippen molar-refractivity contribution in [3.05, 3.63) is 59.0 Å². The summed E-state index contributed by atoms with van der Waals surface area (Å²) in [6, 6.07) is 8.60. The molecule has 0 saturated carbocycles. The molecule has 0 fully saturated rings. The van der Waals surface area contributed by atoms with Gasteiger partial charge in [-0.25, -0.2) is 9.67 Å². The molecule has 1 atom stereocenters. The molecule has 1 aliphatic rings. The molecule has 4 rings (SSSR count). The highest BCUT2D eigenvalue weighted by Gasteiger charge is 2.25. The second-order valence-electron chi connectivity index (χ2n) is 7.11. The van der Waals surface area contributed by atoms with Crippen LogP contribution in [0.2, 0.25) is 0 Å². The van der Waals surface area contributed by atoms with Crippen LogP contribution in [0, 0.1) is 13.8 Å². The summed E-state index contributed by atoms with van der Waals surface area (Å²) in [5.41, 5.74) is 6.25. The largest absolute Gasteiger partial charge is 0.370 e. The second-order valence-corrected chi connectivity index (χ2v) is 7.11. The number of nitrogens with zero attached hydrogens (tertiary/aromatic N) is 4. The van der Waals surface area contributed by atoms with E-state index in [0.717, 1.165) is 37.3 Å². The van der Waals surface area contributed by atoms with Gasteiger partial charge < -0.3 is 10.6 Å². The average molecular weight is 362 g/mol. The highest BCUT2D eigenvalue weighted by Crippen LogP contribution is 2.33. The number of anilines is 2. The number of hydrogen-bond donors (Lipinski definition) is 2. The third kappa shape index (κ3) is 3.52. The van der Waals surface area contributed by atoms with E-state index in [1.807, 2.05) is 12.3 Å². The fourth-order valence-corrected chi connectivity index (χ4v) is 3.65. The maximum Gasteiger partial charge on any atom is 0.225 e. The highest BCUT2D eigenvalue weighted by atomic mass is 15.3. The molecule has 0 radical (unpaired) electrons. The van der Waals surface area contributed by atoms with Crippen molar-refractivity contribution >= 4 is 11.8 Å². The molecule has 0 amide bonds. The van der Waals surface area contributed by atoms with E-state index >= 15 is 0 Å². The molecule has 27 heavy (non-hydrogen) atoms. The predicted octanol–water partition coefficient (Wildman–Crippen LogP) is 4.20. The first-order chi connectivity index (χ1) is 13.2. The van der Waals surface area contributed by atoms with Gasteiger partial charge in [0.25, 0.3) is 0 Å². The first kappa shape index (κ1) is 17.5. The first-order valence-electron chi connectivity index (χ1n) is 9.63. The minimum Gasteiger partial charge on any atom is -0.370 e. The van der Waals surface area contributed by atoms with Crippen LogP contribution in [0.15, 0.2) is 36.7 Å². The third-order valence-corrected chi connectivity index (χ3v) is 5.23. The van der Waals surface area contributed by atoms with Crippen LogP contribution in [0.4, 0.5) is 11.8 Å². The summed E-state index contributed by atoms with van der Waals surface area (Å²) in [7, 11) is 0. The Hall–Kier alpha value is -2.89. The van der Waals surface area contributed by atoms with E-state index in [9.17, 15) is 0 Å². The van der Waals surface area contributed by atoms with Gasteiger partial charge in [-0.2, -0.15) is 10.1 Å². The zero-order valence-corrected chi connectivity index (χ0v) is 16.2. The van der Waals surface area contributed by atoms with E-state index in [1.54, 1.807) is 6.20 Å². The van der Waals surface area contributed by atoms with Gasteiger partial charge in [-0.15, -0.1) is 0 Å². The number of aryl methyl sites for hydroxylation is 2. The Kier molecular flexibility index (Phi) is 4.79. The van der Waals surface area contributed by atoms with Crippen molar-refractivity contribution in [2.75, 3.05) is 17.2 Å². The number of nitrogens with one attached hydrogen (secondary N) is 2. The molecular formula is C21H26N6. The Balaban J connectivity index is 1.62. The lowest BCUT2D eigenvalue weighted by molar-refractivity contribution is 0.581. The molecule has 0 aliphatic heterocycles. The van der Waals surface area contributed by atoms with E-state index < -0.39 is 0 Å². The van der Waals surface area contributed by atoms with Gasteiger partial charge in [0.1, 0.15) is 5.82 Å². The SMILES string of the molecule is CCNc1ccnc(N[C@H]2CCCc3c2cnn3-c2ccc(C)c(C)c2)n1. The summed E-state index contributed by atoms with van der Waals surface area (Å²) in [5.74, 6) is 1.50. The molecule has 2 N–H and O–H groups in total. The van der Waals surface area contributed by atoms with E-state index in [0.29, 0.717) is 5.95 Å². The summed E-state index contributed by atoms with van der Waals surface area (Å²) in [6.07, 6.45) is 7.00. The molecule has 0 saturated heterocycles. The summed E-state index contributed by atoms with van der Waals surface area (Å²) < 4.78 is 2.09. The lowest BCUT2D eigenvalue weighted by atomic mass is 9.93. The van der Waals surface area contributed by atoms with Crippen molar-refractivity contribution in [2.45, 2.75) is 46.1 Å². The van der Waals surface area contributed by atoms with Crippen molar-refractivity contribution in [2.24, 2.45) is 0 Å². The van der Waals surface area contributed by atoms with Crippen LogP contribution in [0.1, 0.15) is 48.2 Å². The van der Waals surface area contributed by atoms with Crippen LogP contribution in [-0.4, -0.2) is 26.3 Å². The molecule has 1 aliphatic carbocycles. The van der Waals surface area contributed by atoms with Crippen LogP contribution in [0.25, 0.3) is 5.69 Å². The number of fused-ring (bicyclic) bond motifs is 1. The Labute approximate surface area is 160 Å². The molecule has 6 heteroatoms. The molecular weight excluding hydrogens is 336 g/mol. The van der Waals surface area contributed by atoms with E-state index in [1.165, 1.54) is 22.4 Å². The Bertz CT molecular complexity index is 946. The zero-order valence-electron chi connectivity index (χ0n) is 16.2. The van der Waals surface area contributed by atoms with Crippen LogP contribution in [-0.2, 0) is 6.42 Å². The molecule has 6 nitrogen and oxygen atoms in total. The maximum atomic E-state index is 4.70. The van der Waals surface area contributed by atoms with Crippen molar-refractivity contribution in [3.63, 3.8) is 0 Å². The van der Waals surface area contributed by atoms with Gasteiger partial charge in [-0.3, -0.25) is 0 Å². The van der Waals surface area contributed by atoms with Gasteiger partial charge in [0.05, 0.1) is 17.9 Å². The molecule has 0 unspecified atom stereocenters. The normalized spacial score (nSPS) is 16.0. The van der Waals surface area contributed by atoms with Crippen LogP contribution < -0.4 is 10.6 Å². The van der Waals surface area contributed by atoms with Crippen molar-refractivity contribution in [3.8, 4) is 5.69 Å². The fourth-order valence-electron chi connectivity index (χ4n) is 3.65. The van der Waals surface area contributed by atoms with Gasteiger partial charge in [-0.05, 0) is 69.4 Å². The summed E-state index contributed by atoms with van der Waals surface area (Å²) in [5, 5.41) is 11.4. The minimum atomic E-state index is 0.186. The van der Waals surface area contributed by atoms with Gasteiger partial charge in [0.2, 0.25) is 5.95 Å². The molecule has 2 aromatic heterocycles. The van der Waals surface area contributed by atoms with Crippen molar-refractivity contribution in [1.82, 2.24) is 19.7 Å². The van der Waals surface area contributed by atoms with Gasteiger partial charge in [-0.1, -0.05) is 6.07 Å². The quantitative estimate of drug-likeness (QED) is 0.712. The zero-order chi connectivity index (χ0) is 18.8. The molecule has 3 aromatic rings. The number of benzene rings is 1. The Morgan fingerprint density at radius 1 is 1.19 bits per heavy atom. The van der Waals surface area contributed by atoms with Crippen molar-refractivity contribution < 1.29 is 0 Å². The number of hydrogen-bond acceptors (Lipinski definition) is 5. The van der Waals surface area contributed by atoms with E-state index in [4.69, 9.17) is 5.10 Å². The summed E-state index contributed by atoms with van der Waals surface area (Å²) in [6.45, 7) is 7.18. The standard InChI is InChI=1S/C21H26N6/c1-4-22-20-10-11-23-21(26-20)25-18-6-5-7-19-17(18)13-24-27(19)16-9-8-14(2)15(3)12-16/h8-13,18H,4-7H2,1-3H3,(H2,22,23,25,26)/t18-/m0/s1. The monoisotopic (exact) mass is 362 g/mol. The molecule has 0 bridgehead atoms. The fraction of sp³-hybridized carbons (Fsp3) is 0.381. The van der Waals surface area contributed by atoms with Gasteiger partial charge >= 0.3 is 0 Å². The number of aromatic nitrogens is 4. The smallest absolute Gasteiger partial charge is 0.225 e. The van der Waals surface area contributed by atoms with E-state index in [2.05, 4.69) is 64.3 Å². The molecule has 1 aromatic carbocycles. The predicted molar refractivity (Wildman–Crippen MR) is 109 cm³/mol. The first-order valence-corrected chi connectivity index (χ1v) is 9.63. The minimum absolute atomic E-state index is 0.186. The van der Waals surface area contributed by atoms with Crippen molar-refractivity contribution in [1.29, 1.82) is 0 Å². The number of rotatable bonds is 5. The maximum absolute atomic E-state index is 4.70. The van der Waals surface area contributed by atoms with Gasteiger partial charge in [0.15, 0.2) is 0 Å². The third-order valence-electron chi connectivity index (χ3n) is 5.23. The van der Waals surface area contributed by atoms with Gasteiger partial charge in [0, 0.05) is 24.0 Å². The summed E-state index contributed by atoms with van der Waals surface area (Å²) in [4.78, 5) is 8.94. The highest BCUT2D eigenvalue weighted by molar-refractivity contribution is 5.45. The van der Waals surface area contributed by atoms with Crippen LogP contribution >= 0.6 is 0 Å². The lowest BCUT2D eigenvalue weighted by Gasteiger charge is -2.24.